The van der Waals surface area contributed by atoms with Gasteiger partial charge in [0.2, 0.25) is 0 Å². The van der Waals surface area contributed by atoms with Crippen LogP contribution in [0.25, 0.3) is 10.8 Å². The molecule has 0 aliphatic carbocycles. The fraction of sp³-hybridized carbons (Fsp3) is 0.171. The molecule has 0 spiro atoms. The summed E-state index contributed by atoms with van der Waals surface area (Å²) in [5.74, 6) is -3.82. The summed E-state index contributed by atoms with van der Waals surface area (Å²) in [6, 6.07) is 19.6. The fourth-order valence-electron chi connectivity index (χ4n) is 5.74. The molecule has 360 valence electrons. The van der Waals surface area contributed by atoms with Gasteiger partial charge in [-0.2, -0.15) is 35.5 Å². The maximum absolute atomic E-state index is 13.9. The van der Waals surface area contributed by atoms with Crippen molar-refractivity contribution < 1.29 is 88.6 Å². The number of rotatable bonds is 22. The third-order valence-corrected chi connectivity index (χ3v) is 14.4. The number of phenols is 1. The molecular weight excluding hydrogens is 1020 g/mol. The van der Waals surface area contributed by atoms with Crippen molar-refractivity contribution in [2.45, 2.75) is 14.7 Å². The molecule has 0 radical (unpaired) electrons. The smallest absolute Gasteiger partial charge is 0.397 e. The lowest BCUT2D eigenvalue weighted by Crippen LogP contribution is -2.36. The van der Waals surface area contributed by atoms with Crippen molar-refractivity contribution in [3.05, 3.63) is 96.6 Å². The average Bonchev–Trinajstić information content (AvgIpc) is 3.24. The molecular formula is C35H34N6O20S6. The molecule has 5 aromatic carbocycles. The zero-order valence-corrected chi connectivity index (χ0v) is 38.4. The summed E-state index contributed by atoms with van der Waals surface area (Å²) in [7, 11) is -23.1. The highest BCUT2D eigenvalue weighted by Gasteiger charge is 2.27. The molecule has 0 bridgehead atoms. The largest absolute Gasteiger partial charge is 0.505 e. The molecule has 0 atom stereocenters. The first-order chi connectivity index (χ1) is 31.3. The number of anilines is 2. The van der Waals surface area contributed by atoms with Gasteiger partial charge in [-0.15, -0.1) is 14.6 Å². The summed E-state index contributed by atoms with van der Waals surface area (Å²) in [6.45, 7) is -2.18. The highest BCUT2D eigenvalue weighted by atomic mass is 32.3. The van der Waals surface area contributed by atoms with Crippen LogP contribution in [0.2, 0.25) is 0 Å². The Morgan fingerprint density at radius 1 is 0.687 bits per heavy atom. The first-order valence-corrected chi connectivity index (χ1v) is 26.5. The summed E-state index contributed by atoms with van der Waals surface area (Å²) in [5.41, 5.74) is 4.70. The molecule has 67 heavy (non-hydrogen) atoms. The van der Waals surface area contributed by atoms with Gasteiger partial charge in [-0.25, -0.2) is 30.5 Å². The molecule has 7 N–H and O–H groups in total. The van der Waals surface area contributed by atoms with E-state index in [1.165, 1.54) is 36.4 Å². The standard InChI is InChI=1S/C35H34N6O20S6/c36-31-30-23(21-29(65(49,50)51)33(31)40-37-24-9-11-27(12-10-24)64(47,48)18-15-59-67(55,56)57)20-28(62-61-60-44)32(34(30)42)39-38-25-6-4-5-22(19-25)35(43)41(26-7-2-1-3-8-26)13-16-63(45,46)17-14-58-66(52,53)54/h1-12,19-21,42,44H,13-18,36H2,(H,49,50,51)(H,52,53,54)(H,55,56,57)/b39-38+,40-37+. The average molecular weight is 1050 g/mol. The minimum Gasteiger partial charge on any atom is -0.505 e. The van der Waals surface area contributed by atoms with E-state index in [2.05, 4.69) is 38.2 Å². The number of sulfone groups is 2. The Morgan fingerprint density at radius 2 is 1.30 bits per heavy atom. The Kier molecular flexibility index (Phi) is 16.9. The zero-order valence-electron chi connectivity index (χ0n) is 33.5. The van der Waals surface area contributed by atoms with Crippen LogP contribution < -0.4 is 10.6 Å². The van der Waals surface area contributed by atoms with Crippen molar-refractivity contribution in [3.8, 4) is 5.75 Å². The second-order valence-electron chi connectivity index (χ2n) is 13.2. The van der Waals surface area contributed by atoms with Gasteiger partial charge in [0.05, 0.1) is 74.8 Å². The number of fused-ring (bicyclic) bond motifs is 1. The predicted octanol–water partition coefficient (Wildman–Crippen LogP) is 5.11. The summed E-state index contributed by atoms with van der Waals surface area (Å²) in [5, 5.41) is 39.5. The first-order valence-electron chi connectivity index (χ1n) is 18.1. The third kappa shape index (κ3) is 14.7. The van der Waals surface area contributed by atoms with Gasteiger partial charge in [0.1, 0.15) is 16.3 Å². The van der Waals surface area contributed by atoms with Gasteiger partial charge in [-0.1, -0.05) is 29.3 Å². The topological polar surface area (TPSA) is 405 Å². The number of azo groups is 2. The lowest BCUT2D eigenvalue weighted by atomic mass is 10.1. The molecule has 0 fully saturated rings. The van der Waals surface area contributed by atoms with Gasteiger partial charge in [0, 0.05) is 17.8 Å². The van der Waals surface area contributed by atoms with Crippen LogP contribution in [-0.4, -0.2) is 109 Å². The Labute approximate surface area is 385 Å². The lowest BCUT2D eigenvalue weighted by molar-refractivity contribution is -0.432. The number of amides is 1. The Hall–Kier alpha value is -5.59. The van der Waals surface area contributed by atoms with E-state index in [4.69, 9.17) is 20.1 Å². The van der Waals surface area contributed by atoms with E-state index in [1.54, 1.807) is 18.2 Å². The number of hydrogen-bond donors (Lipinski definition) is 6. The lowest BCUT2D eigenvalue weighted by Gasteiger charge is -2.23. The van der Waals surface area contributed by atoms with Crippen molar-refractivity contribution in [2.24, 2.45) is 20.5 Å². The summed E-state index contributed by atoms with van der Waals surface area (Å²) in [6.07, 6.45) is 0. The quantitative estimate of drug-likeness (QED) is 0.0131. The van der Waals surface area contributed by atoms with E-state index >= 15 is 0 Å². The number of carbonyl (C=O) groups is 1. The van der Waals surface area contributed by atoms with Crippen LogP contribution >= 0.6 is 12.0 Å². The molecule has 5 rings (SSSR count). The monoisotopic (exact) mass is 1050 g/mol. The highest BCUT2D eigenvalue weighted by Crippen LogP contribution is 2.49. The van der Waals surface area contributed by atoms with E-state index in [1.807, 2.05) is 0 Å². The number of hydrogen-bond acceptors (Lipinski definition) is 23. The molecule has 0 aromatic heterocycles. The van der Waals surface area contributed by atoms with Crippen molar-refractivity contribution in [2.75, 3.05) is 47.7 Å². The molecule has 0 aliphatic rings. The van der Waals surface area contributed by atoms with Crippen LogP contribution in [0.3, 0.4) is 0 Å². The fourth-order valence-corrected chi connectivity index (χ4v) is 9.79. The maximum atomic E-state index is 13.9. The number of nitrogens with zero attached hydrogens (tertiary/aromatic N) is 5. The third-order valence-electron chi connectivity index (χ3n) is 8.72. The highest BCUT2D eigenvalue weighted by molar-refractivity contribution is 7.94. The van der Waals surface area contributed by atoms with Crippen molar-refractivity contribution >= 4 is 113 Å². The Balaban J connectivity index is 1.50. The van der Waals surface area contributed by atoms with E-state index in [9.17, 15) is 56.5 Å². The van der Waals surface area contributed by atoms with E-state index < -0.39 is 121 Å². The van der Waals surface area contributed by atoms with Gasteiger partial charge in [-0.3, -0.25) is 18.5 Å². The van der Waals surface area contributed by atoms with Crippen LogP contribution in [0.4, 0.5) is 34.1 Å². The van der Waals surface area contributed by atoms with Gasteiger partial charge in [0.15, 0.2) is 25.4 Å². The molecule has 5 aromatic rings. The summed E-state index contributed by atoms with van der Waals surface area (Å²) in [4.78, 5) is 13.6. The van der Waals surface area contributed by atoms with E-state index in [0.717, 1.165) is 41.3 Å². The number of para-hydroxylation sites is 1. The molecule has 1 amide bonds. The first kappa shape index (κ1) is 52.4. The minimum absolute atomic E-state index is 0.0296. The number of aromatic hydroxyl groups is 1. The minimum atomic E-state index is -5.16. The van der Waals surface area contributed by atoms with Crippen LogP contribution in [0, 0.1) is 0 Å². The van der Waals surface area contributed by atoms with Crippen molar-refractivity contribution in [1.29, 1.82) is 0 Å². The van der Waals surface area contributed by atoms with Gasteiger partial charge in [0.25, 0.3) is 16.0 Å². The van der Waals surface area contributed by atoms with Crippen molar-refractivity contribution in [3.63, 3.8) is 0 Å². The molecule has 0 heterocycles. The van der Waals surface area contributed by atoms with Crippen LogP contribution in [0.5, 0.6) is 5.75 Å². The molecule has 0 unspecified atom stereocenters. The predicted molar refractivity (Wildman–Crippen MR) is 236 cm³/mol. The second kappa shape index (κ2) is 21.6. The Morgan fingerprint density at radius 3 is 1.91 bits per heavy atom. The van der Waals surface area contributed by atoms with Gasteiger partial charge in [-0.05, 0) is 72.1 Å². The number of carbonyl (C=O) groups excluding carboxylic acids is 1. The number of nitrogens with two attached hydrogens (primary N) is 1. The molecule has 0 saturated carbocycles. The molecule has 26 nitrogen and oxygen atoms in total. The van der Waals surface area contributed by atoms with Crippen LogP contribution in [0.15, 0.2) is 126 Å². The van der Waals surface area contributed by atoms with Crippen LogP contribution in [-0.2, 0) is 68.3 Å². The summed E-state index contributed by atoms with van der Waals surface area (Å²) < 4.78 is 159. The normalized spacial score (nSPS) is 12.9. The number of nitrogen functional groups attached to an aromatic ring is 1. The van der Waals surface area contributed by atoms with Gasteiger partial charge < -0.3 is 15.7 Å². The second-order valence-corrected chi connectivity index (χ2v) is 21.9. The van der Waals surface area contributed by atoms with Gasteiger partial charge >= 0.3 is 20.8 Å². The Bertz CT molecular complexity index is 3290. The SMILES string of the molecule is Nc1c(/N=N/c2ccc(S(=O)(=O)CCOS(=O)(=O)O)cc2)c(S(=O)(=O)O)cc2cc(SOOO)c(/N=N/c3cccc(C(=O)N(CCS(=O)(=O)CCOS(=O)(=O)O)c4ccccc4)c3)c(O)c12. The maximum Gasteiger partial charge on any atom is 0.397 e. The summed E-state index contributed by atoms with van der Waals surface area (Å²) >= 11 is 0.245. The van der Waals surface area contributed by atoms with Crippen molar-refractivity contribution in [1.82, 2.24) is 0 Å². The molecule has 0 aliphatic heterocycles. The van der Waals surface area contributed by atoms with Crippen LogP contribution in [0.1, 0.15) is 10.4 Å². The molecule has 32 heteroatoms. The number of phenolic OH excluding ortho intramolecular Hbond substituents is 1. The van der Waals surface area contributed by atoms with E-state index in [0.29, 0.717) is 0 Å². The number of benzene rings is 5. The van der Waals surface area contributed by atoms with E-state index in [-0.39, 0.29) is 55.2 Å². The zero-order chi connectivity index (χ0) is 49.4. The molecule has 0 saturated heterocycles.